The summed E-state index contributed by atoms with van der Waals surface area (Å²) < 4.78 is 5.93. The van der Waals surface area contributed by atoms with Crippen LogP contribution in [0.2, 0.25) is 0 Å². The summed E-state index contributed by atoms with van der Waals surface area (Å²) in [5, 5.41) is 23.2. The number of carbonyl (C=O) groups is 1. The number of nitrogens with zero attached hydrogens (tertiary/aromatic N) is 3. The maximum absolute atomic E-state index is 10.6. The molecule has 0 unspecified atom stereocenters. The molecule has 1 aromatic carbocycles. The van der Waals surface area contributed by atoms with Gasteiger partial charge in [-0.3, -0.25) is 15.5 Å². The second-order valence-electron chi connectivity index (χ2n) is 4.39. The third kappa shape index (κ3) is 5.02. The monoisotopic (exact) mass is 394 g/mol. The molecule has 10 heteroatoms. The first-order chi connectivity index (χ1) is 11.5. The zero-order valence-electron chi connectivity index (χ0n) is 12.0. The molecule has 2 rings (SSSR count). The molecule has 1 aromatic heterocycles. The average Bonchev–Trinajstić information content (AvgIpc) is 2.54. The number of nitro groups is 1. The predicted octanol–water partition coefficient (Wildman–Crippen LogP) is 2.66. The molecule has 9 nitrogen and oxygen atoms in total. The molecule has 0 aliphatic heterocycles. The Morgan fingerprint density at radius 1 is 1.46 bits per heavy atom. The lowest BCUT2D eigenvalue weighted by molar-refractivity contribution is -0.385. The molecule has 2 N–H and O–H groups in total. The quantitative estimate of drug-likeness (QED) is 0.419. The Morgan fingerprint density at radius 3 is 2.88 bits per heavy atom. The molecule has 0 spiro atoms. The summed E-state index contributed by atoms with van der Waals surface area (Å²) in [4.78, 5) is 24.4. The van der Waals surface area contributed by atoms with Crippen LogP contribution in [0, 0.1) is 10.1 Å². The van der Waals surface area contributed by atoms with E-state index in [0.717, 1.165) is 10.7 Å². The minimum absolute atomic E-state index is 0.124. The summed E-state index contributed by atoms with van der Waals surface area (Å²) in [6, 6.07) is 7.73. The van der Waals surface area contributed by atoms with Crippen LogP contribution < -0.4 is 10.2 Å². The molecular formula is C14H11BrN4O5. The first-order valence-electron chi connectivity index (χ1n) is 6.49. The molecule has 0 aliphatic rings. The van der Waals surface area contributed by atoms with Crippen LogP contribution in [0.1, 0.15) is 5.56 Å². The first-order valence-corrected chi connectivity index (χ1v) is 7.28. The zero-order valence-corrected chi connectivity index (χ0v) is 13.6. The molecular weight excluding hydrogens is 384 g/mol. The van der Waals surface area contributed by atoms with Crippen molar-refractivity contribution in [3.05, 3.63) is 56.7 Å². The van der Waals surface area contributed by atoms with E-state index in [4.69, 9.17) is 9.84 Å². The van der Waals surface area contributed by atoms with Gasteiger partial charge in [0.2, 0.25) is 0 Å². The Hall–Kier alpha value is -3.01. The van der Waals surface area contributed by atoms with Gasteiger partial charge in [0.05, 0.1) is 11.1 Å². The van der Waals surface area contributed by atoms with Crippen molar-refractivity contribution in [2.24, 2.45) is 5.10 Å². The number of ether oxygens (including phenoxy) is 1. The van der Waals surface area contributed by atoms with E-state index in [0.29, 0.717) is 17.1 Å². The van der Waals surface area contributed by atoms with Crippen molar-refractivity contribution in [1.29, 1.82) is 0 Å². The summed E-state index contributed by atoms with van der Waals surface area (Å²) in [5.74, 6) is -0.420. The van der Waals surface area contributed by atoms with Crippen LogP contribution in [0.3, 0.4) is 0 Å². The van der Waals surface area contributed by atoms with E-state index in [2.05, 4.69) is 31.4 Å². The minimum atomic E-state index is -1.09. The molecule has 0 saturated carbocycles. The molecule has 0 saturated heterocycles. The molecule has 0 aliphatic carbocycles. The van der Waals surface area contributed by atoms with E-state index in [1.54, 1.807) is 18.2 Å². The number of carboxylic acids is 1. The van der Waals surface area contributed by atoms with Crippen molar-refractivity contribution in [3.8, 4) is 5.75 Å². The minimum Gasteiger partial charge on any atom is -0.481 e. The molecule has 124 valence electrons. The van der Waals surface area contributed by atoms with Gasteiger partial charge in [0.25, 0.3) is 5.69 Å². The lowest BCUT2D eigenvalue weighted by Gasteiger charge is -2.07. The van der Waals surface area contributed by atoms with E-state index < -0.39 is 17.5 Å². The Labute approximate surface area is 144 Å². The summed E-state index contributed by atoms with van der Waals surface area (Å²) in [7, 11) is 0. The van der Waals surface area contributed by atoms with E-state index in [-0.39, 0.29) is 5.69 Å². The van der Waals surface area contributed by atoms with E-state index in [9.17, 15) is 14.9 Å². The number of aliphatic carboxylic acids is 1. The number of aromatic nitrogens is 1. The Balaban J connectivity index is 2.08. The van der Waals surface area contributed by atoms with Gasteiger partial charge in [-0.15, -0.1) is 0 Å². The maximum atomic E-state index is 10.6. The second kappa shape index (κ2) is 8.02. The fourth-order valence-electron chi connectivity index (χ4n) is 1.62. The summed E-state index contributed by atoms with van der Waals surface area (Å²) in [6.45, 7) is -0.472. The number of anilines is 1. The van der Waals surface area contributed by atoms with Crippen molar-refractivity contribution in [2.75, 3.05) is 12.0 Å². The number of hydrogen-bond donors (Lipinski definition) is 2. The third-order valence-corrected chi connectivity index (χ3v) is 3.16. The van der Waals surface area contributed by atoms with Crippen molar-refractivity contribution < 1.29 is 19.6 Å². The third-order valence-electron chi connectivity index (χ3n) is 2.66. The number of benzene rings is 1. The molecule has 24 heavy (non-hydrogen) atoms. The smallest absolute Gasteiger partial charge is 0.341 e. The molecule has 1 heterocycles. The molecule has 0 fully saturated rings. The summed E-state index contributed by atoms with van der Waals surface area (Å²) in [5.41, 5.74) is 3.04. The van der Waals surface area contributed by atoms with Gasteiger partial charge in [0.1, 0.15) is 17.8 Å². The maximum Gasteiger partial charge on any atom is 0.341 e. The van der Waals surface area contributed by atoms with Crippen molar-refractivity contribution in [1.82, 2.24) is 4.98 Å². The van der Waals surface area contributed by atoms with E-state index in [1.165, 1.54) is 18.3 Å². The predicted molar refractivity (Wildman–Crippen MR) is 89.4 cm³/mol. The number of hydrazone groups is 1. The van der Waals surface area contributed by atoms with Gasteiger partial charge in [-0.2, -0.15) is 5.10 Å². The van der Waals surface area contributed by atoms with Crippen LogP contribution in [-0.2, 0) is 4.79 Å². The molecule has 0 radical (unpaired) electrons. The Bertz CT molecular complexity index is 779. The highest BCUT2D eigenvalue weighted by Gasteiger charge is 2.06. The summed E-state index contributed by atoms with van der Waals surface area (Å²) >= 11 is 3.30. The number of halogens is 1. The highest BCUT2D eigenvalue weighted by Crippen LogP contribution is 2.22. The highest BCUT2D eigenvalue weighted by molar-refractivity contribution is 9.10. The van der Waals surface area contributed by atoms with Crippen LogP contribution >= 0.6 is 15.9 Å². The zero-order chi connectivity index (χ0) is 17.5. The van der Waals surface area contributed by atoms with Gasteiger partial charge >= 0.3 is 5.97 Å². The number of pyridine rings is 1. The fraction of sp³-hybridized carbons (Fsp3) is 0.0714. The average molecular weight is 395 g/mol. The Morgan fingerprint density at radius 2 is 2.25 bits per heavy atom. The van der Waals surface area contributed by atoms with Crippen LogP contribution in [0.5, 0.6) is 5.75 Å². The van der Waals surface area contributed by atoms with Crippen LogP contribution in [0.4, 0.5) is 11.5 Å². The van der Waals surface area contributed by atoms with Crippen molar-refractivity contribution in [2.45, 2.75) is 0 Å². The summed E-state index contributed by atoms with van der Waals surface area (Å²) in [6.07, 6.45) is 2.53. The number of rotatable bonds is 7. The van der Waals surface area contributed by atoms with Crippen LogP contribution in [-0.4, -0.2) is 33.8 Å². The molecule has 0 amide bonds. The van der Waals surface area contributed by atoms with Gasteiger partial charge in [0, 0.05) is 16.1 Å². The van der Waals surface area contributed by atoms with Gasteiger partial charge in [-0.1, -0.05) is 15.9 Å². The van der Waals surface area contributed by atoms with E-state index >= 15 is 0 Å². The number of hydrogen-bond acceptors (Lipinski definition) is 7. The lowest BCUT2D eigenvalue weighted by atomic mass is 10.2. The van der Waals surface area contributed by atoms with Gasteiger partial charge < -0.3 is 9.84 Å². The van der Waals surface area contributed by atoms with Crippen molar-refractivity contribution in [3.63, 3.8) is 0 Å². The molecule has 0 bridgehead atoms. The fourth-order valence-corrected chi connectivity index (χ4v) is 2.00. The Kier molecular flexibility index (Phi) is 5.79. The van der Waals surface area contributed by atoms with Gasteiger partial charge in [-0.25, -0.2) is 9.78 Å². The van der Waals surface area contributed by atoms with Crippen molar-refractivity contribution >= 4 is 39.6 Å². The highest BCUT2D eigenvalue weighted by atomic mass is 79.9. The second-order valence-corrected chi connectivity index (χ2v) is 5.31. The normalized spacial score (nSPS) is 10.5. The van der Waals surface area contributed by atoms with Gasteiger partial charge in [-0.05, 0) is 24.3 Å². The van der Waals surface area contributed by atoms with Gasteiger partial charge in [0.15, 0.2) is 6.61 Å². The SMILES string of the molecule is O=C(O)COc1ccc(Br)cc1/C=N/Nc1ccc([N+](=O)[O-])cn1. The number of carboxylic acid groups (broad SMARTS) is 1. The molecule has 0 atom stereocenters. The topological polar surface area (TPSA) is 127 Å². The van der Waals surface area contributed by atoms with Crippen LogP contribution in [0.25, 0.3) is 0 Å². The molecule has 2 aromatic rings. The number of nitrogens with one attached hydrogen (secondary N) is 1. The standard InChI is InChI=1S/C14H11BrN4O5/c15-10-1-3-12(24-8-14(20)21)9(5-10)6-17-18-13-4-2-11(7-16-13)19(22)23/h1-7H,8H2,(H,16,18)(H,20,21)/b17-6+. The largest absolute Gasteiger partial charge is 0.481 e. The first kappa shape index (κ1) is 17.3. The van der Waals surface area contributed by atoms with Crippen LogP contribution in [0.15, 0.2) is 46.1 Å². The van der Waals surface area contributed by atoms with E-state index in [1.807, 2.05) is 0 Å². The lowest BCUT2D eigenvalue weighted by Crippen LogP contribution is -2.10.